The van der Waals surface area contributed by atoms with E-state index in [1.54, 1.807) is 0 Å². The molecule has 0 aliphatic heterocycles. The summed E-state index contributed by atoms with van der Waals surface area (Å²) >= 11 is 0. The Bertz CT molecular complexity index is 484. The van der Waals surface area contributed by atoms with Crippen molar-refractivity contribution in [2.75, 3.05) is 0 Å². The highest BCUT2D eigenvalue weighted by Gasteiger charge is 2.29. The second kappa shape index (κ2) is 5.68. The molecule has 3 nitrogen and oxygen atoms in total. The zero-order valence-electron chi connectivity index (χ0n) is 14.0. The highest BCUT2D eigenvalue weighted by molar-refractivity contribution is 5.25. The number of hydrogen-bond donors (Lipinski definition) is 1. The third-order valence-corrected chi connectivity index (χ3v) is 5.29. The van der Waals surface area contributed by atoms with Crippen molar-refractivity contribution in [2.24, 2.45) is 5.41 Å². The molecule has 0 spiro atoms. The Morgan fingerprint density at radius 1 is 1.00 bits per heavy atom. The van der Waals surface area contributed by atoms with Gasteiger partial charge in [0.1, 0.15) is 5.82 Å². The first-order valence-corrected chi connectivity index (χ1v) is 8.52. The van der Waals surface area contributed by atoms with Crippen LogP contribution in [0.2, 0.25) is 0 Å². The van der Waals surface area contributed by atoms with Gasteiger partial charge >= 0.3 is 0 Å². The second-order valence-electron chi connectivity index (χ2n) is 7.82. The SMILES string of the molecule is Cc1nc(C2CCC(C)(C)CC2)nc(C)c1CNC1CC1. The van der Waals surface area contributed by atoms with Crippen LogP contribution in [0, 0.1) is 19.3 Å². The average molecular weight is 287 g/mol. The van der Waals surface area contributed by atoms with Gasteiger partial charge < -0.3 is 5.32 Å². The fourth-order valence-electron chi connectivity index (χ4n) is 3.40. The Morgan fingerprint density at radius 3 is 2.10 bits per heavy atom. The van der Waals surface area contributed by atoms with E-state index in [4.69, 9.17) is 9.97 Å². The molecular formula is C18H29N3. The fraction of sp³-hybridized carbons (Fsp3) is 0.778. The van der Waals surface area contributed by atoms with Crippen molar-refractivity contribution >= 4 is 0 Å². The molecule has 1 heterocycles. The van der Waals surface area contributed by atoms with Crippen LogP contribution in [-0.4, -0.2) is 16.0 Å². The van der Waals surface area contributed by atoms with Crippen molar-refractivity contribution in [3.05, 3.63) is 22.8 Å². The molecule has 1 aromatic rings. The van der Waals surface area contributed by atoms with Gasteiger partial charge in [0, 0.05) is 35.5 Å². The number of nitrogens with one attached hydrogen (secondary N) is 1. The van der Waals surface area contributed by atoms with E-state index in [-0.39, 0.29) is 0 Å². The van der Waals surface area contributed by atoms with Gasteiger partial charge in [0.25, 0.3) is 0 Å². The molecular weight excluding hydrogens is 258 g/mol. The summed E-state index contributed by atoms with van der Waals surface area (Å²) in [6.07, 6.45) is 7.73. The molecule has 2 aliphatic rings. The second-order valence-corrected chi connectivity index (χ2v) is 7.82. The van der Waals surface area contributed by atoms with Gasteiger partial charge in [0.15, 0.2) is 0 Å². The first-order valence-electron chi connectivity index (χ1n) is 8.52. The number of rotatable bonds is 4. The Morgan fingerprint density at radius 2 is 1.57 bits per heavy atom. The van der Waals surface area contributed by atoms with Gasteiger partial charge in [-0.3, -0.25) is 0 Å². The van der Waals surface area contributed by atoms with E-state index in [0.29, 0.717) is 11.3 Å². The van der Waals surface area contributed by atoms with Gasteiger partial charge in [-0.1, -0.05) is 13.8 Å². The monoisotopic (exact) mass is 287 g/mol. The van der Waals surface area contributed by atoms with Crippen LogP contribution in [0.5, 0.6) is 0 Å². The zero-order chi connectivity index (χ0) is 15.0. The maximum Gasteiger partial charge on any atom is 0.131 e. The van der Waals surface area contributed by atoms with Crippen LogP contribution in [0.15, 0.2) is 0 Å². The molecule has 0 aromatic carbocycles. The Hall–Kier alpha value is -0.960. The highest BCUT2D eigenvalue weighted by atomic mass is 15.0. The summed E-state index contributed by atoms with van der Waals surface area (Å²) in [6, 6.07) is 0.740. The van der Waals surface area contributed by atoms with Gasteiger partial charge in [0.2, 0.25) is 0 Å². The summed E-state index contributed by atoms with van der Waals surface area (Å²) in [4.78, 5) is 9.71. The standard InChI is InChI=1S/C18H29N3/c1-12-16(11-19-15-5-6-15)13(2)21-17(20-12)14-7-9-18(3,4)10-8-14/h14-15,19H,5-11H2,1-4H3. The van der Waals surface area contributed by atoms with Crippen LogP contribution in [0.4, 0.5) is 0 Å². The molecule has 0 amide bonds. The topological polar surface area (TPSA) is 37.8 Å². The van der Waals surface area contributed by atoms with E-state index in [2.05, 4.69) is 33.0 Å². The maximum atomic E-state index is 4.85. The first-order chi connectivity index (χ1) is 9.94. The summed E-state index contributed by atoms with van der Waals surface area (Å²) in [5.41, 5.74) is 4.17. The quantitative estimate of drug-likeness (QED) is 0.908. The van der Waals surface area contributed by atoms with Crippen molar-refractivity contribution in [2.45, 2.75) is 84.7 Å². The van der Waals surface area contributed by atoms with Crippen LogP contribution in [0.1, 0.15) is 81.1 Å². The lowest BCUT2D eigenvalue weighted by molar-refractivity contribution is 0.220. The first kappa shape index (κ1) is 15.0. The predicted molar refractivity (Wildman–Crippen MR) is 86.4 cm³/mol. The Labute approximate surface area is 129 Å². The van der Waals surface area contributed by atoms with Gasteiger partial charge in [0.05, 0.1) is 0 Å². The Kier molecular flexibility index (Phi) is 4.04. The molecule has 21 heavy (non-hydrogen) atoms. The smallest absolute Gasteiger partial charge is 0.131 e. The molecule has 2 saturated carbocycles. The molecule has 0 atom stereocenters. The summed E-state index contributed by atoms with van der Waals surface area (Å²) in [6.45, 7) is 9.99. The third-order valence-electron chi connectivity index (χ3n) is 5.29. The highest BCUT2D eigenvalue weighted by Crippen LogP contribution is 2.41. The number of nitrogens with zero attached hydrogens (tertiary/aromatic N) is 2. The molecule has 1 N–H and O–H groups in total. The lowest BCUT2D eigenvalue weighted by Gasteiger charge is -2.33. The largest absolute Gasteiger partial charge is 0.310 e. The van der Waals surface area contributed by atoms with Crippen LogP contribution in [0.3, 0.4) is 0 Å². The molecule has 2 fully saturated rings. The molecule has 2 aliphatic carbocycles. The van der Waals surface area contributed by atoms with Crippen LogP contribution in [0.25, 0.3) is 0 Å². The lowest BCUT2D eigenvalue weighted by Crippen LogP contribution is -2.23. The molecule has 0 radical (unpaired) electrons. The van der Waals surface area contributed by atoms with Crippen molar-refractivity contribution < 1.29 is 0 Å². The van der Waals surface area contributed by atoms with E-state index >= 15 is 0 Å². The summed E-state index contributed by atoms with van der Waals surface area (Å²) in [5.74, 6) is 1.66. The van der Waals surface area contributed by atoms with E-state index in [0.717, 1.165) is 18.4 Å². The van der Waals surface area contributed by atoms with Gasteiger partial charge in [-0.15, -0.1) is 0 Å². The molecule has 3 heteroatoms. The molecule has 0 unspecified atom stereocenters. The minimum absolute atomic E-state index is 0.509. The van der Waals surface area contributed by atoms with E-state index in [1.165, 1.54) is 55.5 Å². The summed E-state index contributed by atoms with van der Waals surface area (Å²) in [5, 5.41) is 3.58. The van der Waals surface area contributed by atoms with Crippen LogP contribution < -0.4 is 5.32 Å². The van der Waals surface area contributed by atoms with E-state index in [9.17, 15) is 0 Å². The molecule has 3 rings (SSSR count). The van der Waals surface area contributed by atoms with Gasteiger partial charge in [-0.25, -0.2) is 9.97 Å². The lowest BCUT2D eigenvalue weighted by atomic mass is 9.73. The molecule has 116 valence electrons. The zero-order valence-corrected chi connectivity index (χ0v) is 14.0. The summed E-state index contributed by atoms with van der Waals surface area (Å²) in [7, 11) is 0. The van der Waals surface area contributed by atoms with Crippen molar-refractivity contribution in [3.63, 3.8) is 0 Å². The van der Waals surface area contributed by atoms with Crippen molar-refractivity contribution in [1.29, 1.82) is 0 Å². The molecule has 1 aromatic heterocycles. The fourth-order valence-corrected chi connectivity index (χ4v) is 3.40. The van der Waals surface area contributed by atoms with Crippen LogP contribution in [-0.2, 0) is 6.54 Å². The van der Waals surface area contributed by atoms with Crippen molar-refractivity contribution in [3.8, 4) is 0 Å². The number of aryl methyl sites for hydroxylation is 2. The number of aromatic nitrogens is 2. The van der Waals surface area contributed by atoms with E-state index in [1.807, 2.05) is 0 Å². The van der Waals surface area contributed by atoms with Crippen molar-refractivity contribution in [1.82, 2.24) is 15.3 Å². The third kappa shape index (κ3) is 3.63. The molecule has 0 bridgehead atoms. The maximum absolute atomic E-state index is 4.85. The van der Waals surface area contributed by atoms with Gasteiger partial charge in [-0.2, -0.15) is 0 Å². The normalized spacial score (nSPS) is 22.5. The number of hydrogen-bond acceptors (Lipinski definition) is 3. The average Bonchev–Trinajstić information content (AvgIpc) is 3.21. The minimum Gasteiger partial charge on any atom is -0.310 e. The van der Waals surface area contributed by atoms with Crippen LogP contribution >= 0.6 is 0 Å². The predicted octanol–water partition coefficient (Wildman–Crippen LogP) is 4.03. The Balaban J connectivity index is 1.71. The minimum atomic E-state index is 0.509. The molecule has 0 saturated heterocycles. The summed E-state index contributed by atoms with van der Waals surface area (Å²) < 4.78 is 0. The van der Waals surface area contributed by atoms with Gasteiger partial charge in [-0.05, 0) is 57.8 Å². The van der Waals surface area contributed by atoms with E-state index < -0.39 is 0 Å².